The number of rotatable bonds is 2. The zero-order valence-electron chi connectivity index (χ0n) is 7.22. The molecule has 11 heavy (non-hydrogen) atoms. The van der Waals surface area contributed by atoms with Crippen molar-refractivity contribution < 1.29 is 0 Å². The summed E-state index contributed by atoms with van der Waals surface area (Å²) in [7, 11) is 0. The molecule has 2 heteroatoms. The van der Waals surface area contributed by atoms with Crippen molar-refractivity contribution in [2.24, 2.45) is 0 Å². The molecule has 0 aliphatic carbocycles. The molecule has 0 spiro atoms. The molecule has 0 saturated heterocycles. The van der Waals surface area contributed by atoms with E-state index in [2.05, 4.69) is 25.1 Å². The van der Waals surface area contributed by atoms with E-state index in [1.54, 1.807) is 0 Å². The van der Waals surface area contributed by atoms with Gasteiger partial charge in [-0.25, -0.2) is 0 Å². The lowest BCUT2D eigenvalue weighted by molar-refractivity contribution is 1.15. The van der Waals surface area contributed by atoms with Gasteiger partial charge in [0.25, 0.3) is 0 Å². The molecule has 0 atom stereocenters. The first-order chi connectivity index (χ1) is 5.25. The first-order valence-corrected chi connectivity index (χ1v) is 5.04. The number of aromatic nitrogens is 1. The minimum atomic E-state index is 1.07. The summed E-state index contributed by atoms with van der Waals surface area (Å²) >= 11 is 1.84. The van der Waals surface area contributed by atoms with Crippen molar-refractivity contribution in [2.45, 2.75) is 19.6 Å². The summed E-state index contributed by atoms with van der Waals surface area (Å²) in [5, 5.41) is 0. The van der Waals surface area contributed by atoms with Crippen LogP contribution in [0.4, 0.5) is 0 Å². The predicted molar refractivity (Wildman–Crippen MR) is 50.9 cm³/mol. The van der Waals surface area contributed by atoms with Gasteiger partial charge >= 0.3 is 0 Å². The second-order valence-electron chi connectivity index (χ2n) is 2.67. The van der Waals surface area contributed by atoms with E-state index in [1.807, 2.05) is 24.2 Å². The average molecular weight is 167 g/mol. The van der Waals surface area contributed by atoms with Gasteiger partial charge in [-0.2, -0.15) is 11.8 Å². The first-order valence-electron chi connectivity index (χ1n) is 3.64. The molecule has 0 unspecified atom stereocenters. The standard InChI is InChI=1S/C9H13NS/c1-7-4-10-5-9(6-11-3)8(7)2/h4-5H,6H2,1-3H3. The number of nitrogens with zero attached hydrogens (tertiary/aromatic N) is 1. The van der Waals surface area contributed by atoms with E-state index in [4.69, 9.17) is 0 Å². The van der Waals surface area contributed by atoms with Crippen molar-refractivity contribution in [3.05, 3.63) is 29.1 Å². The van der Waals surface area contributed by atoms with Gasteiger partial charge in [0, 0.05) is 18.1 Å². The van der Waals surface area contributed by atoms with Crippen LogP contribution in [-0.2, 0) is 5.75 Å². The monoisotopic (exact) mass is 167 g/mol. The van der Waals surface area contributed by atoms with Crippen LogP contribution < -0.4 is 0 Å². The van der Waals surface area contributed by atoms with Crippen molar-refractivity contribution in [3.63, 3.8) is 0 Å². The maximum atomic E-state index is 4.15. The lowest BCUT2D eigenvalue weighted by atomic mass is 10.1. The SMILES string of the molecule is CSCc1cncc(C)c1C. The van der Waals surface area contributed by atoms with Gasteiger partial charge in [0.15, 0.2) is 0 Å². The molecule has 0 aliphatic rings. The summed E-state index contributed by atoms with van der Waals surface area (Å²) in [6, 6.07) is 0. The van der Waals surface area contributed by atoms with Gasteiger partial charge in [0.1, 0.15) is 0 Å². The lowest BCUT2D eigenvalue weighted by Crippen LogP contribution is -1.91. The minimum absolute atomic E-state index is 1.07. The summed E-state index contributed by atoms with van der Waals surface area (Å²) < 4.78 is 0. The Kier molecular flexibility index (Phi) is 2.94. The van der Waals surface area contributed by atoms with Crippen LogP contribution in [0.15, 0.2) is 12.4 Å². The highest BCUT2D eigenvalue weighted by molar-refractivity contribution is 7.97. The topological polar surface area (TPSA) is 12.9 Å². The summed E-state index contributed by atoms with van der Waals surface area (Å²) in [6.45, 7) is 4.26. The normalized spacial score (nSPS) is 10.1. The zero-order valence-corrected chi connectivity index (χ0v) is 8.03. The third-order valence-corrected chi connectivity index (χ3v) is 2.47. The van der Waals surface area contributed by atoms with Crippen molar-refractivity contribution in [3.8, 4) is 0 Å². The molecule has 1 heterocycles. The van der Waals surface area contributed by atoms with Crippen LogP contribution in [0, 0.1) is 13.8 Å². The summed E-state index contributed by atoms with van der Waals surface area (Å²) in [5.41, 5.74) is 4.03. The largest absolute Gasteiger partial charge is 0.264 e. The van der Waals surface area contributed by atoms with Gasteiger partial charge in [0.2, 0.25) is 0 Å². The zero-order chi connectivity index (χ0) is 8.27. The highest BCUT2D eigenvalue weighted by Gasteiger charge is 1.99. The Labute approximate surface area is 72.2 Å². The fourth-order valence-corrected chi connectivity index (χ4v) is 1.59. The third kappa shape index (κ3) is 1.96. The number of pyridine rings is 1. The second kappa shape index (κ2) is 3.77. The Balaban J connectivity index is 2.96. The third-order valence-electron chi connectivity index (χ3n) is 1.87. The van der Waals surface area contributed by atoms with Gasteiger partial charge in [-0.3, -0.25) is 4.98 Å². The molecule has 0 N–H and O–H groups in total. The van der Waals surface area contributed by atoms with Gasteiger partial charge in [0.05, 0.1) is 0 Å². The van der Waals surface area contributed by atoms with Crippen molar-refractivity contribution in [2.75, 3.05) is 6.26 Å². The molecule has 1 nitrogen and oxygen atoms in total. The van der Waals surface area contributed by atoms with Crippen LogP contribution in [0.25, 0.3) is 0 Å². The number of hydrogen-bond acceptors (Lipinski definition) is 2. The van der Waals surface area contributed by atoms with Crippen molar-refractivity contribution in [1.82, 2.24) is 4.98 Å². The lowest BCUT2D eigenvalue weighted by Gasteiger charge is -2.04. The van der Waals surface area contributed by atoms with Crippen molar-refractivity contribution in [1.29, 1.82) is 0 Å². The smallest absolute Gasteiger partial charge is 0.0311 e. The molecule has 0 aromatic carbocycles. The van der Waals surface area contributed by atoms with E-state index in [9.17, 15) is 0 Å². The number of thioether (sulfide) groups is 1. The van der Waals surface area contributed by atoms with E-state index in [1.165, 1.54) is 16.7 Å². The van der Waals surface area contributed by atoms with Gasteiger partial charge in [-0.1, -0.05) is 0 Å². The number of aryl methyl sites for hydroxylation is 1. The van der Waals surface area contributed by atoms with Crippen LogP contribution in [-0.4, -0.2) is 11.2 Å². The Morgan fingerprint density at radius 3 is 2.73 bits per heavy atom. The minimum Gasteiger partial charge on any atom is -0.264 e. The van der Waals surface area contributed by atoms with Gasteiger partial charge < -0.3 is 0 Å². The molecule has 0 radical (unpaired) electrons. The molecule has 1 aromatic rings. The van der Waals surface area contributed by atoms with Crippen LogP contribution in [0.5, 0.6) is 0 Å². The Bertz CT molecular complexity index is 245. The highest BCUT2D eigenvalue weighted by Crippen LogP contribution is 2.15. The molecule has 0 fully saturated rings. The molecule has 0 saturated carbocycles. The Hall–Kier alpha value is -0.500. The molecular formula is C9H13NS. The van der Waals surface area contributed by atoms with E-state index >= 15 is 0 Å². The molecule has 0 amide bonds. The van der Waals surface area contributed by atoms with Crippen LogP contribution >= 0.6 is 11.8 Å². The maximum absolute atomic E-state index is 4.15. The summed E-state index contributed by atoms with van der Waals surface area (Å²) in [4.78, 5) is 4.15. The van der Waals surface area contributed by atoms with Crippen LogP contribution in [0.3, 0.4) is 0 Å². The fourth-order valence-electron chi connectivity index (χ4n) is 0.987. The predicted octanol–water partition coefficient (Wildman–Crippen LogP) is 2.56. The van der Waals surface area contributed by atoms with Gasteiger partial charge in [-0.05, 0) is 36.8 Å². The summed E-state index contributed by atoms with van der Waals surface area (Å²) in [6.07, 6.45) is 5.99. The Morgan fingerprint density at radius 2 is 2.09 bits per heavy atom. The Morgan fingerprint density at radius 1 is 1.36 bits per heavy atom. The molecule has 60 valence electrons. The van der Waals surface area contributed by atoms with E-state index in [-0.39, 0.29) is 0 Å². The molecule has 0 aliphatic heterocycles. The summed E-state index contributed by atoms with van der Waals surface area (Å²) in [5.74, 6) is 1.07. The van der Waals surface area contributed by atoms with Crippen LogP contribution in [0.1, 0.15) is 16.7 Å². The van der Waals surface area contributed by atoms with E-state index in [0.717, 1.165) is 5.75 Å². The van der Waals surface area contributed by atoms with E-state index in [0.29, 0.717) is 0 Å². The average Bonchev–Trinajstić information content (AvgIpc) is 1.99. The molecule has 0 bridgehead atoms. The maximum Gasteiger partial charge on any atom is 0.0311 e. The number of hydrogen-bond donors (Lipinski definition) is 0. The van der Waals surface area contributed by atoms with Crippen LogP contribution in [0.2, 0.25) is 0 Å². The second-order valence-corrected chi connectivity index (χ2v) is 3.54. The quantitative estimate of drug-likeness (QED) is 0.671. The first kappa shape index (κ1) is 8.60. The highest BCUT2D eigenvalue weighted by atomic mass is 32.2. The van der Waals surface area contributed by atoms with Crippen molar-refractivity contribution >= 4 is 11.8 Å². The molecular weight excluding hydrogens is 154 g/mol. The fraction of sp³-hybridized carbons (Fsp3) is 0.444. The van der Waals surface area contributed by atoms with E-state index < -0.39 is 0 Å². The molecule has 1 rings (SSSR count). The van der Waals surface area contributed by atoms with Gasteiger partial charge in [-0.15, -0.1) is 0 Å². The molecule has 1 aromatic heterocycles.